The van der Waals surface area contributed by atoms with E-state index in [1.54, 1.807) is 11.3 Å². The number of hydrogen-bond acceptors (Lipinski definition) is 4. The third kappa shape index (κ3) is 3.36. The van der Waals surface area contributed by atoms with Gasteiger partial charge in [-0.1, -0.05) is 0 Å². The van der Waals surface area contributed by atoms with E-state index >= 15 is 0 Å². The van der Waals surface area contributed by atoms with E-state index in [4.69, 9.17) is 0 Å². The molecule has 2 aliphatic rings. The summed E-state index contributed by atoms with van der Waals surface area (Å²) in [5, 5.41) is 4.36. The third-order valence-corrected chi connectivity index (χ3v) is 5.79. The van der Waals surface area contributed by atoms with E-state index < -0.39 is 0 Å². The average Bonchev–Trinajstić information content (AvgIpc) is 3.08. The summed E-state index contributed by atoms with van der Waals surface area (Å²) in [6.45, 7) is 5.84. The number of hydrogen-bond donors (Lipinski definition) is 0. The summed E-state index contributed by atoms with van der Waals surface area (Å²) in [4.78, 5) is 19.7. The van der Waals surface area contributed by atoms with E-state index in [2.05, 4.69) is 45.6 Å². The molecule has 1 amide bonds. The second-order valence-electron chi connectivity index (χ2n) is 7.07. The Kier molecular flexibility index (Phi) is 4.85. The fraction of sp³-hybridized carbons (Fsp3) is 0.706. The number of amides is 1. The van der Waals surface area contributed by atoms with Gasteiger partial charge in [0.15, 0.2) is 0 Å². The van der Waals surface area contributed by atoms with Crippen LogP contribution in [0, 0.1) is 5.41 Å². The molecule has 1 unspecified atom stereocenters. The van der Waals surface area contributed by atoms with Crippen LogP contribution in [0.25, 0.3) is 0 Å². The molecule has 22 heavy (non-hydrogen) atoms. The van der Waals surface area contributed by atoms with Gasteiger partial charge in [0.1, 0.15) is 0 Å². The van der Waals surface area contributed by atoms with Crippen LogP contribution in [0.4, 0.5) is 0 Å². The minimum atomic E-state index is -0.0966. The van der Waals surface area contributed by atoms with Crippen molar-refractivity contribution in [3.63, 3.8) is 0 Å². The summed E-state index contributed by atoms with van der Waals surface area (Å²) >= 11 is 1.76. The van der Waals surface area contributed by atoms with E-state index in [1.807, 2.05) is 0 Å². The van der Waals surface area contributed by atoms with E-state index in [0.29, 0.717) is 5.91 Å². The molecule has 0 N–H and O–H groups in total. The number of rotatable bonds is 5. The summed E-state index contributed by atoms with van der Waals surface area (Å²) in [5.74, 6) is 0.407. The number of piperidine rings is 1. The normalized spacial score (nSPS) is 26.5. The summed E-state index contributed by atoms with van der Waals surface area (Å²) in [6.07, 6.45) is 3.27. The van der Waals surface area contributed by atoms with E-state index in [0.717, 1.165) is 58.5 Å². The van der Waals surface area contributed by atoms with Crippen molar-refractivity contribution in [1.82, 2.24) is 14.7 Å². The third-order valence-electron chi connectivity index (χ3n) is 5.06. The minimum Gasteiger partial charge on any atom is -0.341 e. The van der Waals surface area contributed by atoms with Crippen LogP contribution in [-0.4, -0.2) is 67.4 Å². The first-order valence-electron chi connectivity index (χ1n) is 8.27. The highest BCUT2D eigenvalue weighted by Crippen LogP contribution is 2.40. The van der Waals surface area contributed by atoms with Gasteiger partial charge in [0.25, 0.3) is 0 Å². The zero-order valence-corrected chi connectivity index (χ0v) is 14.6. The van der Waals surface area contributed by atoms with Gasteiger partial charge < -0.3 is 9.80 Å². The zero-order valence-electron chi connectivity index (χ0n) is 13.8. The Balaban J connectivity index is 1.61. The average molecular weight is 321 g/mol. The molecular formula is C17H27N3OS. The summed E-state index contributed by atoms with van der Waals surface area (Å²) < 4.78 is 0. The molecule has 0 saturated carbocycles. The van der Waals surface area contributed by atoms with Crippen LogP contribution < -0.4 is 0 Å². The smallest absolute Gasteiger partial charge is 0.230 e. The highest BCUT2D eigenvalue weighted by atomic mass is 32.1. The number of likely N-dealkylation sites (tertiary alicyclic amines) is 2. The van der Waals surface area contributed by atoms with Gasteiger partial charge in [0.05, 0.1) is 5.41 Å². The lowest BCUT2D eigenvalue weighted by atomic mass is 9.78. The van der Waals surface area contributed by atoms with Crippen LogP contribution in [0.2, 0.25) is 0 Å². The van der Waals surface area contributed by atoms with Gasteiger partial charge >= 0.3 is 0 Å². The standard InChI is InChI=1S/C17H27N3OS/c1-18(2)9-10-20-8-6-17(16(20)21)5-3-7-19(14-17)12-15-4-11-22-13-15/h4,11,13H,3,5-10,12,14H2,1-2H3. The Hall–Kier alpha value is -0.910. The number of likely N-dealkylation sites (N-methyl/N-ethyl adjacent to an activating group) is 1. The first-order valence-corrected chi connectivity index (χ1v) is 9.21. The molecule has 122 valence electrons. The highest BCUT2D eigenvalue weighted by Gasteiger charge is 2.48. The molecule has 1 aromatic heterocycles. The van der Waals surface area contributed by atoms with Gasteiger partial charge in [-0.2, -0.15) is 11.3 Å². The molecule has 2 aliphatic heterocycles. The van der Waals surface area contributed by atoms with Crippen molar-refractivity contribution in [2.24, 2.45) is 5.41 Å². The lowest BCUT2D eigenvalue weighted by Crippen LogP contribution is -2.48. The van der Waals surface area contributed by atoms with Crippen LogP contribution in [0.1, 0.15) is 24.8 Å². The Bertz CT molecular complexity index is 502. The predicted molar refractivity (Wildman–Crippen MR) is 91.0 cm³/mol. The molecular weight excluding hydrogens is 294 g/mol. The molecule has 2 saturated heterocycles. The second kappa shape index (κ2) is 6.69. The maximum absolute atomic E-state index is 12.9. The van der Waals surface area contributed by atoms with Gasteiger partial charge in [-0.05, 0) is 62.3 Å². The molecule has 0 aromatic carbocycles. The highest BCUT2D eigenvalue weighted by molar-refractivity contribution is 7.07. The Morgan fingerprint density at radius 3 is 2.91 bits per heavy atom. The summed E-state index contributed by atoms with van der Waals surface area (Å²) in [6, 6.07) is 2.20. The Morgan fingerprint density at radius 2 is 2.18 bits per heavy atom. The van der Waals surface area contributed by atoms with Gasteiger partial charge in [-0.25, -0.2) is 0 Å². The molecule has 1 aromatic rings. The summed E-state index contributed by atoms with van der Waals surface area (Å²) in [7, 11) is 4.14. The van der Waals surface area contributed by atoms with Crippen LogP contribution in [0.5, 0.6) is 0 Å². The fourth-order valence-electron chi connectivity index (χ4n) is 3.81. The van der Waals surface area contributed by atoms with Crippen LogP contribution >= 0.6 is 11.3 Å². The van der Waals surface area contributed by atoms with E-state index in [9.17, 15) is 4.79 Å². The monoisotopic (exact) mass is 321 g/mol. The molecule has 0 radical (unpaired) electrons. The number of nitrogens with zero attached hydrogens (tertiary/aromatic N) is 3. The topological polar surface area (TPSA) is 26.8 Å². The van der Waals surface area contributed by atoms with E-state index in [1.165, 1.54) is 5.56 Å². The first-order chi connectivity index (χ1) is 10.6. The largest absolute Gasteiger partial charge is 0.341 e. The van der Waals surface area contributed by atoms with Crippen molar-refractivity contribution in [3.8, 4) is 0 Å². The predicted octanol–water partition coefficient (Wildman–Crippen LogP) is 2.12. The SMILES string of the molecule is CN(C)CCN1CCC2(CCCN(Cc3ccsc3)C2)C1=O. The second-order valence-corrected chi connectivity index (χ2v) is 7.85. The number of carbonyl (C=O) groups excluding carboxylic acids is 1. The van der Waals surface area contributed by atoms with Gasteiger partial charge in [-0.3, -0.25) is 9.69 Å². The maximum Gasteiger partial charge on any atom is 0.230 e. The Morgan fingerprint density at radius 1 is 1.32 bits per heavy atom. The molecule has 0 aliphatic carbocycles. The molecule has 4 nitrogen and oxygen atoms in total. The van der Waals surface area contributed by atoms with E-state index in [-0.39, 0.29) is 5.41 Å². The quantitative estimate of drug-likeness (QED) is 0.831. The van der Waals surface area contributed by atoms with Gasteiger partial charge in [0.2, 0.25) is 5.91 Å². The molecule has 1 spiro atoms. The molecule has 2 fully saturated rings. The van der Waals surface area contributed by atoms with Gasteiger partial charge in [-0.15, -0.1) is 0 Å². The number of thiophene rings is 1. The van der Waals surface area contributed by atoms with Crippen molar-refractivity contribution in [1.29, 1.82) is 0 Å². The Labute approximate surface area is 137 Å². The van der Waals surface area contributed by atoms with Crippen molar-refractivity contribution < 1.29 is 4.79 Å². The lowest BCUT2D eigenvalue weighted by Gasteiger charge is -2.39. The van der Waals surface area contributed by atoms with Crippen LogP contribution in [0.3, 0.4) is 0 Å². The molecule has 1 atom stereocenters. The zero-order chi connectivity index (χ0) is 15.6. The minimum absolute atomic E-state index is 0.0966. The fourth-order valence-corrected chi connectivity index (χ4v) is 4.47. The van der Waals surface area contributed by atoms with Crippen molar-refractivity contribution >= 4 is 17.2 Å². The van der Waals surface area contributed by atoms with Crippen LogP contribution in [0.15, 0.2) is 16.8 Å². The number of carbonyl (C=O) groups is 1. The molecule has 5 heteroatoms. The maximum atomic E-state index is 12.9. The van der Waals surface area contributed by atoms with Gasteiger partial charge in [0, 0.05) is 32.7 Å². The molecule has 0 bridgehead atoms. The first kappa shape index (κ1) is 16.0. The van der Waals surface area contributed by atoms with Crippen molar-refractivity contribution in [2.45, 2.75) is 25.8 Å². The molecule has 3 rings (SSSR count). The summed E-state index contributed by atoms with van der Waals surface area (Å²) in [5.41, 5.74) is 1.29. The van der Waals surface area contributed by atoms with Crippen molar-refractivity contribution in [2.75, 3.05) is 46.8 Å². The lowest BCUT2D eigenvalue weighted by molar-refractivity contribution is -0.139. The van der Waals surface area contributed by atoms with Crippen LogP contribution in [-0.2, 0) is 11.3 Å². The van der Waals surface area contributed by atoms with Crippen molar-refractivity contribution in [3.05, 3.63) is 22.4 Å². The molecule has 3 heterocycles.